The van der Waals surface area contributed by atoms with Crippen LogP contribution >= 0.6 is 34.9 Å². The lowest BCUT2D eigenvalue weighted by atomic mass is 9.55. The molecule has 1 aliphatic rings. The Labute approximate surface area is 222 Å². The molecule has 0 spiro atoms. The number of hydrogen-bond donors (Lipinski definition) is 2. The molecule has 1 saturated carbocycles. The molecule has 2 rings (SSSR count). The highest BCUT2D eigenvalue weighted by Gasteiger charge is 2.61. The summed E-state index contributed by atoms with van der Waals surface area (Å²) in [7, 11) is 6.13. The summed E-state index contributed by atoms with van der Waals surface area (Å²) < 4.78 is 14.4. The Morgan fingerprint density at radius 1 is 1.14 bits per heavy atom. The summed E-state index contributed by atoms with van der Waals surface area (Å²) in [6.07, 6.45) is 2.62. The van der Waals surface area contributed by atoms with E-state index in [0.717, 1.165) is 34.3 Å². The van der Waals surface area contributed by atoms with Crippen LogP contribution in [0.15, 0.2) is 23.1 Å². The Morgan fingerprint density at radius 3 is 2.31 bits per heavy atom. The van der Waals surface area contributed by atoms with E-state index in [9.17, 15) is 14.0 Å². The number of nitrogens with one attached hydrogen (secondary N) is 2. The molecule has 1 aliphatic carbocycles. The lowest BCUT2D eigenvalue weighted by Gasteiger charge is -2.37. The van der Waals surface area contributed by atoms with E-state index in [1.807, 2.05) is 27.7 Å². The van der Waals surface area contributed by atoms with Gasteiger partial charge in [0.25, 0.3) is 0 Å². The number of aryl methyl sites for hydroxylation is 1. The van der Waals surface area contributed by atoms with Crippen LogP contribution in [0.5, 0.6) is 0 Å². The van der Waals surface area contributed by atoms with Gasteiger partial charge < -0.3 is 10.6 Å². The van der Waals surface area contributed by atoms with E-state index < -0.39 is 21.8 Å². The molecule has 0 unspecified atom stereocenters. The third kappa shape index (κ3) is 7.83. The molecule has 1 fully saturated rings. The van der Waals surface area contributed by atoms with Gasteiger partial charge in [0.1, 0.15) is 10.7 Å². The van der Waals surface area contributed by atoms with E-state index in [4.69, 9.17) is 7.85 Å². The molecule has 11 heteroatoms. The van der Waals surface area contributed by atoms with Crippen molar-refractivity contribution >= 4 is 59.7 Å². The minimum atomic E-state index is -1.55. The van der Waals surface area contributed by atoms with Crippen molar-refractivity contribution in [2.45, 2.75) is 78.2 Å². The van der Waals surface area contributed by atoms with Crippen molar-refractivity contribution in [3.05, 3.63) is 28.1 Å². The van der Waals surface area contributed by atoms with Crippen LogP contribution in [-0.4, -0.2) is 47.0 Å². The maximum atomic E-state index is 14.4. The van der Waals surface area contributed by atoms with E-state index in [1.165, 1.54) is 36.9 Å². The van der Waals surface area contributed by atoms with Gasteiger partial charge in [0.05, 0.1) is 18.3 Å². The summed E-state index contributed by atoms with van der Waals surface area (Å²) in [5.74, 6) is 1.23. The van der Waals surface area contributed by atoms with E-state index in [-0.39, 0.29) is 11.8 Å². The van der Waals surface area contributed by atoms with Gasteiger partial charge in [-0.25, -0.2) is 4.39 Å². The highest BCUT2D eigenvalue weighted by Crippen LogP contribution is 2.56. The van der Waals surface area contributed by atoms with Gasteiger partial charge in [-0.15, -0.1) is 10.2 Å². The van der Waals surface area contributed by atoms with E-state index >= 15 is 0 Å². The second-order valence-electron chi connectivity index (χ2n) is 10.5. The lowest BCUT2D eigenvalue weighted by molar-refractivity contribution is -0.130. The minimum Gasteiger partial charge on any atom is -0.320 e. The molecule has 1 aromatic rings. The number of carbonyl (C=O) groups is 2. The highest BCUT2D eigenvalue weighted by atomic mass is 32.2. The van der Waals surface area contributed by atoms with Crippen molar-refractivity contribution in [2.24, 2.45) is 10.8 Å². The van der Waals surface area contributed by atoms with E-state index in [0.29, 0.717) is 23.0 Å². The first kappa shape index (κ1) is 29.9. The molecular formula is C24H36BFN4O2S3. The summed E-state index contributed by atoms with van der Waals surface area (Å²) in [6.45, 7) is 18.1. The number of anilines is 1. The SMILES string of the molecule is [B]C(C)(C)C(C)(C)C(=O)Nc1nnc(CCSCCC(=C)SC(=C)NC(=O)C2(C(C)(C)F)CC2)s1. The number of amides is 2. The molecule has 192 valence electrons. The average molecular weight is 539 g/mol. The third-order valence-corrected chi connectivity index (χ3v) is 9.42. The molecule has 0 saturated heterocycles. The van der Waals surface area contributed by atoms with Crippen molar-refractivity contribution in [3.8, 4) is 0 Å². The first-order chi connectivity index (χ1) is 16.0. The maximum absolute atomic E-state index is 14.4. The zero-order valence-electron chi connectivity index (χ0n) is 21.5. The van der Waals surface area contributed by atoms with Gasteiger partial charge in [-0.2, -0.15) is 11.8 Å². The van der Waals surface area contributed by atoms with Gasteiger partial charge in [0.2, 0.25) is 16.9 Å². The van der Waals surface area contributed by atoms with Crippen LogP contribution in [0.2, 0.25) is 5.31 Å². The molecule has 1 aromatic heterocycles. The van der Waals surface area contributed by atoms with Crippen molar-refractivity contribution in [1.82, 2.24) is 15.5 Å². The van der Waals surface area contributed by atoms with Crippen LogP contribution in [0, 0.1) is 10.8 Å². The average Bonchev–Trinajstić information content (AvgIpc) is 3.43. The van der Waals surface area contributed by atoms with Gasteiger partial charge in [-0.05, 0) is 49.5 Å². The second-order valence-corrected chi connectivity index (χ2v) is 14.0. The van der Waals surface area contributed by atoms with Gasteiger partial charge in [0, 0.05) is 11.8 Å². The Kier molecular flexibility index (Phi) is 9.72. The number of nitrogens with zero attached hydrogens (tertiary/aromatic N) is 2. The van der Waals surface area contributed by atoms with Crippen molar-refractivity contribution in [1.29, 1.82) is 0 Å². The van der Waals surface area contributed by atoms with E-state index in [1.54, 1.807) is 11.8 Å². The standard InChI is InChI=1S/C24H36BFN4O2S3/c1-15(34-16(2)27-19(32)24(11-12-24)23(7,8)26)9-13-33-14-10-17-29-30-20(35-17)28-18(31)21(3,4)22(5,6)25/h1-2,9-14H2,3-8H3,(H,27,32)(H,28,30,31). The molecule has 2 radical (unpaired) electrons. The lowest BCUT2D eigenvalue weighted by Crippen LogP contribution is -2.41. The van der Waals surface area contributed by atoms with Crippen molar-refractivity contribution in [3.63, 3.8) is 0 Å². The highest BCUT2D eigenvalue weighted by molar-refractivity contribution is 8.06. The first-order valence-corrected chi connectivity index (χ1v) is 14.3. The monoisotopic (exact) mass is 538 g/mol. The van der Waals surface area contributed by atoms with Gasteiger partial charge in [-0.1, -0.05) is 69.3 Å². The fraction of sp³-hybridized carbons (Fsp3) is 0.667. The Bertz CT molecular complexity index is 963. The van der Waals surface area contributed by atoms with Crippen LogP contribution in [-0.2, 0) is 16.0 Å². The zero-order chi connectivity index (χ0) is 26.7. The molecule has 0 atom stereocenters. The number of hydrogen-bond acceptors (Lipinski definition) is 7. The molecule has 1 heterocycles. The molecule has 0 bridgehead atoms. The summed E-state index contributed by atoms with van der Waals surface area (Å²) in [5, 5.41) is 14.9. The summed E-state index contributed by atoms with van der Waals surface area (Å²) >= 11 is 4.45. The molecule has 2 amide bonds. The minimum absolute atomic E-state index is 0.184. The zero-order valence-corrected chi connectivity index (χ0v) is 24.0. The van der Waals surface area contributed by atoms with Crippen LogP contribution in [0.4, 0.5) is 9.52 Å². The Balaban J connectivity index is 1.66. The molecule has 2 N–H and O–H groups in total. The Morgan fingerprint density at radius 2 is 1.77 bits per heavy atom. The van der Waals surface area contributed by atoms with Crippen LogP contribution < -0.4 is 10.6 Å². The molecule has 6 nitrogen and oxygen atoms in total. The van der Waals surface area contributed by atoms with Gasteiger partial charge >= 0.3 is 0 Å². The maximum Gasteiger partial charge on any atom is 0.234 e. The first-order valence-electron chi connectivity index (χ1n) is 11.5. The summed E-state index contributed by atoms with van der Waals surface area (Å²) in [6, 6.07) is 0. The van der Waals surface area contributed by atoms with Gasteiger partial charge in [-0.3, -0.25) is 9.59 Å². The van der Waals surface area contributed by atoms with Crippen LogP contribution in [0.3, 0.4) is 0 Å². The quantitative estimate of drug-likeness (QED) is 0.227. The smallest absolute Gasteiger partial charge is 0.234 e. The molecule has 0 aliphatic heterocycles. The third-order valence-electron chi connectivity index (χ3n) is 6.69. The molecular weight excluding hydrogens is 502 g/mol. The van der Waals surface area contributed by atoms with Crippen molar-refractivity contribution in [2.75, 3.05) is 16.8 Å². The number of carbonyl (C=O) groups excluding carboxylic acids is 2. The number of halogens is 1. The van der Waals surface area contributed by atoms with Crippen molar-refractivity contribution < 1.29 is 14.0 Å². The normalized spacial score (nSPS) is 15.4. The number of alkyl halides is 1. The Hall–Kier alpha value is -1.33. The fourth-order valence-electron chi connectivity index (χ4n) is 3.11. The van der Waals surface area contributed by atoms with Crippen LogP contribution in [0.1, 0.15) is 65.8 Å². The van der Waals surface area contributed by atoms with Gasteiger partial charge in [0.15, 0.2) is 0 Å². The summed E-state index contributed by atoms with van der Waals surface area (Å²) in [4.78, 5) is 25.9. The summed E-state index contributed by atoms with van der Waals surface area (Å²) in [5.41, 5.74) is -3.24. The van der Waals surface area contributed by atoms with Crippen LogP contribution in [0.25, 0.3) is 0 Å². The second kappa shape index (κ2) is 11.4. The van der Waals surface area contributed by atoms with E-state index in [2.05, 4.69) is 34.0 Å². The number of rotatable bonds is 14. The predicted octanol–water partition coefficient (Wildman–Crippen LogP) is 5.90. The number of allylic oxidation sites excluding steroid dienone is 1. The predicted molar refractivity (Wildman–Crippen MR) is 149 cm³/mol. The largest absolute Gasteiger partial charge is 0.320 e. The number of aromatic nitrogens is 2. The molecule has 0 aromatic carbocycles. The molecule has 35 heavy (non-hydrogen) atoms. The number of thioether (sulfide) groups is 2. The fourth-order valence-corrected chi connectivity index (χ4v) is 5.73. The topological polar surface area (TPSA) is 84.0 Å².